The maximum atomic E-state index is 4.04. The van der Waals surface area contributed by atoms with E-state index in [4.69, 9.17) is 0 Å². The van der Waals surface area contributed by atoms with Crippen LogP contribution in [0.5, 0.6) is 0 Å². The summed E-state index contributed by atoms with van der Waals surface area (Å²) < 4.78 is 0. The fourth-order valence-corrected chi connectivity index (χ4v) is 1.31. The topological polar surface area (TPSA) is 12.4 Å². The molecule has 0 heterocycles. The summed E-state index contributed by atoms with van der Waals surface area (Å²) in [7, 11) is 1.83. The van der Waals surface area contributed by atoms with E-state index in [1.165, 1.54) is 24.8 Å². The molecule has 0 spiro atoms. The van der Waals surface area contributed by atoms with Crippen LogP contribution in [0.15, 0.2) is 16.6 Å². The molecule has 0 aliphatic rings. The maximum absolute atomic E-state index is 4.04. The Morgan fingerprint density at radius 2 is 2.17 bits per heavy atom. The van der Waals surface area contributed by atoms with E-state index in [1.54, 1.807) is 0 Å². The first-order valence-corrected chi connectivity index (χ1v) is 4.84. The van der Waals surface area contributed by atoms with Crippen LogP contribution in [0.3, 0.4) is 0 Å². The minimum Gasteiger partial charge on any atom is -0.296 e. The van der Waals surface area contributed by atoms with Gasteiger partial charge in [-0.1, -0.05) is 32.8 Å². The zero-order valence-corrected chi connectivity index (χ0v) is 8.80. The second-order valence-corrected chi connectivity index (χ2v) is 3.22. The fourth-order valence-electron chi connectivity index (χ4n) is 1.31. The summed E-state index contributed by atoms with van der Waals surface area (Å²) in [6.07, 6.45) is 8.01. The summed E-state index contributed by atoms with van der Waals surface area (Å²) in [6.45, 7) is 6.59. The predicted octanol–water partition coefficient (Wildman–Crippen LogP) is 3.46. The molecule has 0 radical (unpaired) electrons. The van der Waals surface area contributed by atoms with Crippen molar-refractivity contribution < 1.29 is 0 Å². The molecule has 0 amide bonds. The fraction of sp³-hybridized carbons (Fsp3) is 0.727. The Morgan fingerprint density at radius 3 is 2.58 bits per heavy atom. The van der Waals surface area contributed by atoms with Crippen LogP contribution < -0.4 is 0 Å². The first kappa shape index (κ1) is 11.4. The predicted molar refractivity (Wildman–Crippen MR) is 56.9 cm³/mol. The molecule has 1 heteroatoms. The quantitative estimate of drug-likeness (QED) is 0.556. The Balaban J connectivity index is 3.95. The number of aliphatic imine (C=N–C) groups is 1. The van der Waals surface area contributed by atoms with E-state index in [0.29, 0.717) is 5.92 Å². The monoisotopic (exact) mass is 167 g/mol. The van der Waals surface area contributed by atoms with Crippen LogP contribution in [-0.2, 0) is 0 Å². The Bertz CT molecular complexity index is 156. The summed E-state index contributed by atoms with van der Waals surface area (Å²) in [5, 5.41) is 0. The lowest BCUT2D eigenvalue weighted by molar-refractivity contribution is 0.586. The van der Waals surface area contributed by atoms with Crippen molar-refractivity contribution in [2.75, 3.05) is 7.05 Å². The Kier molecular flexibility index (Phi) is 6.73. The third kappa shape index (κ3) is 4.32. The average Bonchev–Trinajstić information content (AvgIpc) is 2.10. The highest BCUT2D eigenvalue weighted by molar-refractivity contribution is 5.78. The van der Waals surface area contributed by atoms with Crippen molar-refractivity contribution in [1.29, 1.82) is 0 Å². The first-order chi connectivity index (χ1) is 5.76. The molecule has 70 valence electrons. The van der Waals surface area contributed by atoms with Crippen LogP contribution in [0.2, 0.25) is 0 Å². The van der Waals surface area contributed by atoms with E-state index < -0.39 is 0 Å². The lowest BCUT2D eigenvalue weighted by atomic mass is 9.96. The molecule has 0 aromatic carbocycles. The second kappa shape index (κ2) is 7.08. The van der Waals surface area contributed by atoms with Gasteiger partial charge in [0, 0.05) is 13.3 Å². The van der Waals surface area contributed by atoms with Crippen LogP contribution in [0.4, 0.5) is 0 Å². The Hall–Kier alpha value is -0.590. The van der Waals surface area contributed by atoms with E-state index in [1.807, 2.05) is 13.3 Å². The van der Waals surface area contributed by atoms with Gasteiger partial charge in [-0.15, -0.1) is 0 Å². The lowest BCUT2D eigenvalue weighted by Crippen LogP contribution is -2.00. The number of hydrogen-bond acceptors (Lipinski definition) is 1. The van der Waals surface area contributed by atoms with E-state index in [2.05, 4.69) is 31.8 Å². The normalized spacial score (nSPS) is 15.5. The number of nitrogens with zero attached hydrogens (tertiary/aromatic N) is 1. The molecule has 0 saturated heterocycles. The highest BCUT2D eigenvalue weighted by Gasteiger charge is 2.03. The number of hydrogen-bond donors (Lipinski definition) is 0. The molecule has 0 N–H and O–H groups in total. The largest absolute Gasteiger partial charge is 0.296 e. The zero-order valence-electron chi connectivity index (χ0n) is 8.80. The third-order valence-corrected chi connectivity index (χ3v) is 2.17. The van der Waals surface area contributed by atoms with E-state index >= 15 is 0 Å². The van der Waals surface area contributed by atoms with Gasteiger partial charge in [-0.05, 0) is 24.8 Å². The molecule has 1 atom stereocenters. The summed E-state index contributed by atoms with van der Waals surface area (Å²) in [6, 6.07) is 0. The van der Waals surface area contributed by atoms with Gasteiger partial charge in [0.25, 0.3) is 0 Å². The standard InChI is InChI=1S/C11H21N/c1-5-7-8-10(3)11(6-2)9-12-4/h6,9-10H,5,7-8H2,1-4H3/b11-6+,12-9-. The van der Waals surface area contributed by atoms with Crippen molar-refractivity contribution in [2.45, 2.75) is 40.0 Å². The van der Waals surface area contributed by atoms with E-state index in [-0.39, 0.29) is 0 Å². The second-order valence-electron chi connectivity index (χ2n) is 3.22. The number of rotatable bonds is 5. The van der Waals surface area contributed by atoms with Crippen molar-refractivity contribution >= 4 is 6.21 Å². The molecule has 0 saturated carbocycles. The maximum Gasteiger partial charge on any atom is 0.0277 e. The Labute approximate surface area is 76.6 Å². The van der Waals surface area contributed by atoms with Crippen molar-refractivity contribution in [1.82, 2.24) is 0 Å². The van der Waals surface area contributed by atoms with Crippen molar-refractivity contribution in [3.63, 3.8) is 0 Å². The molecule has 0 aliphatic heterocycles. The highest BCUT2D eigenvalue weighted by atomic mass is 14.6. The minimum atomic E-state index is 0.665. The number of allylic oxidation sites excluding steroid dienone is 2. The smallest absolute Gasteiger partial charge is 0.0277 e. The SMILES string of the molecule is C/C=C(\C=N/C)C(C)CCCC. The van der Waals surface area contributed by atoms with Gasteiger partial charge in [-0.3, -0.25) is 4.99 Å². The van der Waals surface area contributed by atoms with Crippen LogP contribution in [0, 0.1) is 5.92 Å². The molecular formula is C11H21N. The molecule has 0 aliphatic carbocycles. The molecule has 0 rings (SSSR count). The molecule has 0 fully saturated rings. The summed E-state index contributed by atoms with van der Waals surface area (Å²) >= 11 is 0. The van der Waals surface area contributed by atoms with E-state index in [0.717, 1.165) is 0 Å². The van der Waals surface area contributed by atoms with Gasteiger partial charge in [0.1, 0.15) is 0 Å². The summed E-state index contributed by atoms with van der Waals surface area (Å²) in [4.78, 5) is 4.04. The lowest BCUT2D eigenvalue weighted by Gasteiger charge is -2.10. The van der Waals surface area contributed by atoms with Crippen molar-refractivity contribution in [3.8, 4) is 0 Å². The van der Waals surface area contributed by atoms with Gasteiger partial charge in [-0.25, -0.2) is 0 Å². The van der Waals surface area contributed by atoms with Gasteiger partial charge in [-0.2, -0.15) is 0 Å². The molecule has 0 aromatic heterocycles. The van der Waals surface area contributed by atoms with Crippen LogP contribution in [-0.4, -0.2) is 13.3 Å². The van der Waals surface area contributed by atoms with Gasteiger partial charge < -0.3 is 0 Å². The van der Waals surface area contributed by atoms with Gasteiger partial charge in [0.15, 0.2) is 0 Å². The molecular weight excluding hydrogens is 146 g/mol. The molecule has 0 bridgehead atoms. The number of unbranched alkanes of at least 4 members (excludes halogenated alkanes) is 1. The summed E-state index contributed by atoms with van der Waals surface area (Å²) in [5.74, 6) is 0.665. The van der Waals surface area contributed by atoms with Crippen LogP contribution >= 0.6 is 0 Å². The molecule has 1 nitrogen and oxygen atoms in total. The van der Waals surface area contributed by atoms with Gasteiger partial charge in [0.2, 0.25) is 0 Å². The van der Waals surface area contributed by atoms with Crippen molar-refractivity contribution in [3.05, 3.63) is 11.6 Å². The Morgan fingerprint density at radius 1 is 1.50 bits per heavy atom. The van der Waals surface area contributed by atoms with Crippen LogP contribution in [0.25, 0.3) is 0 Å². The van der Waals surface area contributed by atoms with E-state index in [9.17, 15) is 0 Å². The summed E-state index contributed by atoms with van der Waals surface area (Å²) in [5.41, 5.74) is 1.37. The molecule has 1 unspecified atom stereocenters. The zero-order chi connectivity index (χ0) is 9.40. The minimum absolute atomic E-state index is 0.665. The third-order valence-electron chi connectivity index (χ3n) is 2.17. The van der Waals surface area contributed by atoms with Crippen LogP contribution in [0.1, 0.15) is 40.0 Å². The first-order valence-electron chi connectivity index (χ1n) is 4.84. The highest BCUT2D eigenvalue weighted by Crippen LogP contribution is 2.15. The van der Waals surface area contributed by atoms with Gasteiger partial charge in [0.05, 0.1) is 0 Å². The molecule has 12 heavy (non-hydrogen) atoms. The average molecular weight is 167 g/mol. The van der Waals surface area contributed by atoms with Crippen molar-refractivity contribution in [2.24, 2.45) is 10.9 Å². The van der Waals surface area contributed by atoms with Gasteiger partial charge >= 0.3 is 0 Å². The molecule has 0 aromatic rings.